The molecular weight excluding hydrogens is 678 g/mol. The highest BCUT2D eigenvalue weighted by molar-refractivity contribution is 7.07. The van der Waals surface area contributed by atoms with Crippen molar-refractivity contribution >= 4 is 35.0 Å². The number of hydrogen-bond donors (Lipinski definition) is 0. The van der Waals surface area contributed by atoms with Crippen LogP contribution in [-0.2, 0) is 14.3 Å². The Morgan fingerprint density at radius 2 is 1.78 bits per heavy atom. The van der Waals surface area contributed by atoms with E-state index in [0.29, 0.717) is 32.9 Å². The predicted molar refractivity (Wildman–Crippen MR) is 187 cm³/mol. The Kier molecular flexibility index (Phi) is 9.64. The van der Waals surface area contributed by atoms with Gasteiger partial charge in [0.2, 0.25) is 0 Å². The molecule has 0 radical (unpaired) electrons. The Morgan fingerprint density at radius 1 is 1.04 bits per heavy atom. The molecule has 5 aromatic rings. The van der Waals surface area contributed by atoms with Crippen LogP contribution in [0.2, 0.25) is 0 Å². The quantitative estimate of drug-likeness (QED) is 0.0872. The first-order valence-corrected chi connectivity index (χ1v) is 16.4. The zero-order valence-corrected chi connectivity index (χ0v) is 28.9. The van der Waals surface area contributed by atoms with Crippen LogP contribution in [0.5, 0.6) is 17.2 Å². The molecular formula is C36H31N5O9S. The van der Waals surface area contributed by atoms with Crippen LogP contribution in [-0.4, -0.2) is 52.0 Å². The number of carbonyl (C=O) groups is 2. The van der Waals surface area contributed by atoms with E-state index in [0.717, 1.165) is 17.0 Å². The van der Waals surface area contributed by atoms with Gasteiger partial charge >= 0.3 is 17.6 Å². The number of nitro groups is 1. The maximum absolute atomic E-state index is 14.4. The number of hydrogen-bond acceptors (Lipinski definition) is 12. The average Bonchev–Trinajstić information content (AvgIpc) is 3.68. The Hall–Kier alpha value is -6.35. The molecule has 3 heterocycles. The zero-order valence-electron chi connectivity index (χ0n) is 28.1. The molecule has 1 aliphatic heterocycles. The minimum absolute atomic E-state index is 0.123. The van der Waals surface area contributed by atoms with E-state index in [2.05, 4.69) is 4.99 Å². The summed E-state index contributed by atoms with van der Waals surface area (Å²) in [6.45, 7) is 4.90. The van der Waals surface area contributed by atoms with Gasteiger partial charge in [0.05, 0.1) is 53.3 Å². The molecule has 0 bridgehead atoms. The van der Waals surface area contributed by atoms with E-state index in [1.165, 1.54) is 43.9 Å². The fourth-order valence-corrected chi connectivity index (χ4v) is 6.80. The second-order valence-electron chi connectivity index (χ2n) is 11.2. The highest BCUT2D eigenvalue weighted by atomic mass is 32.1. The molecule has 260 valence electrons. The molecule has 51 heavy (non-hydrogen) atoms. The summed E-state index contributed by atoms with van der Waals surface area (Å²) in [5, 5.41) is 16.8. The van der Waals surface area contributed by atoms with E-state index in [4.69, 9.17) is 24.0 Å². The van der Waals surface area contributed by atoms with E-state index in [9.17, 15) is 24.5 Å². The first kappa shape index (κ1) is 34.5. The van der Waals surface area contributed by atoms with Gasteiger partial charge in [-0.15, -0.1) is 0 Å². The molecule has 3 aromatic carbocycles. The summed E-state index contributed by atoms with van der Waals surface area (Å²) in [6, 6.07) is 17.6. The Bertz CT molecular complexity index is 2410. The molecule has 0 fully saturated rings. The van der Waals surface area contributed by atoms with Crippen LogP contribution in [0, 0.1) is 10.1 Å². The number of nitro benzene ring substituents is 1. The number of esters is 2. The van der Waals surface area contributed by atoms with Gasteiger partial charge in [-0.2, -0.15) is 5.10 Å². The molecule has 15 heteroatoms. The van der Waals surface area contributed by atoms with Gasteiger partial charge in [0.25, 0.3) is 5.56 Å². The van der Waals surface area contributed by atoms with Crippen molar-refractivity contribution in [2.75, 3.05) is 20.8 Å². The number of ether oxygens (including phenoxy) is 4. The van der Waals surface area contributed by atoms with E-state index in [1.807, 2.05) is 30.3 Å². The highest BCUT2D eigenvalue weighted by Crippen LogP contribution is 2.37. The van der Waals surface area contributed by atoms with Crippen LogP contribution in [0.1, 0.15) is 37.9 Å². The summed E-state index contributed by atoms with van der Waals surface area (Å²) in [5.41, 5.74) is 2.31. The second kappa shape index (κ2) is 14.2. The third kappa shape index (κ3) is 6.66. The standard InChI is InChI=1S/C36H31N5O9S/c1-6-49-27-14-12-22(16-26(27)41(45)46)32-24(19-39(38-32)25-10-8-7-9-11-25)18-30-34(43)40-33(31(35(44)48-5)20(2)37-36(40)51-30)23-13-15-28(50-21(3)42)29(17-23)47-4/h7-19,33H,6H2,1-5H3/b30-18+/t33-/m0/s1. The summed E-state index contributed by atoms with van der Waals surface area (Å²) in [7, 11) is 2.65. The summed E-state index contributed by atoms with van der Waals surface area (Å²) >= 11 is 1.10. The molecule has 0 saturated carbocycles. The molecule has 0 spiro atoms. The van der Waals surface area contributed by atoms with Crippen molar-refractivity contribution in [2.45, 2.75) is 26.8 Å². The van der Waals surface area contributed by atoms with Crippen LogP contribution in [0.4, 0.5) is 5.69 Å². The Morgan fingerprint density at radius 3 is 2.45 bits per heavy atom. The van der Waals surface area contributed by atoms with Gasteiger partial charge in [-0.1, -0.05) is 35.6 Å². The fourth-order valence-electron chi connectivity index (χ4n) is 5.76. The number of carbonyl (C=O) groups excluding carboxylic acids is 2. The molecule has 0 amide bonds. The molecule has 2 aromatic heterocycles. The molecule has 0 N–H and O–H groups in total. The van der Waals surface area contributed by atoms with Crippen molar-refractivity contribution in [1.82, 2.24) is 14.3 Å². The molecule has 0 saturated heterocycles. The van der Waals surface area contributed by atoms with E-state index in [-0.39, 0.29) is 39.6 Å². The highest BCUT2D eigenvalue weighted by Gasteiger charge is 2.34. The van der Waals surface area contributed by atoms with Crippen molar-refractivity contribution < 1.29 is 33.5 Å². The van der Waals surface area contributed by atoms with Gasteiger partial charge in [-0.05, 0) is 61.9 Å². The number of para-hydroxylation sites is 1. The van der Waals surface area contributed by atoms with Crippen molar-refractivity contribution in [3.63, 3.8) is 0 Å². The monoisotopic (exact) mass is 709 g/mol. The average molecular weight is 710 g/mol. The van der Waals surface area contributed by atoms with Gasteiger partial charge in [0.15, 0.2) is 22.0 Å². The molecule has 14 nitrogen and oxygen atoms in total. The van der Waals surface area contributed by atoms with Gasteiger partial charge in [-0.3, -0.25) is 24.3 Å². The number of thiazole rings is 1. The summed E-state index contributed by atoms with van der Waals surface area (Å²) in [6.07, 6.45) is 3.37. The summed E-state index contributed by atoms with van der Waals surface area (Å²) in [5.74, 6) is -0.722. The molecule has 6 rings (SSSR count). The number of benzene rings is 3. The van der Waals surface area contributed by atoms with Crippen LogP contribution >= 0.6 is 11.3 Å². The lowest BCUT2D eigenvalue weighted by Gasteiger charge is -2.25. The lowest BCUT2D eigenvalue weighted by molar-refractivity contribution is -0.385. The van der Waals surface area contributed by atoms with Crippen LogP contribution in [0.3, 0.4) is 0 Å². The smallest absolute Gasteiger partial charge is 0.338 e. The van der Waals surface area contributed by atoms with Crippen molar-refractivity contribution in [3.8, 4) is 34.2 Å². The van der Waals surface area contributed by atoms with Crippen molar-refractivity contribution in [2.24, 2.45) is 4.99 Å². The summed E-state index contributed by atoms with van der Waals surface area (Å²) < 4.78 is 24.6. The maximum atomic E-state index is 14.4. The Labute approximate surface area is 294 Å². The van der Waals surface area contributed by atoms with Crippen LogP contribution in [0.25, 0.3) is 23.0 Å². The lowest BCUT2D eigenvalue weighted by Crippen LogP contribution is -2.39. The molecule has 1 aliphatic rings. The zero-order chi connectivity index (χ0) is 36.4. The topological polar surface area (TPSA) is 166 Å². The Balaban J connectivity index is 1.57. The normalized spacial score (nSPS) is 14.1. The summed E-state index contributed by atoms with van der Waals surface area (Å²) in [4.78, 5) is 55.7. The largest absolute Gasteiger partial charge is 0.493 e. The second-order valence-corrected chi connectivity index (χ2v) is 12.2. The minimum Gasteiger partial charge on any atom is -0.493 e. The first-order valence-electron chi connectivity index (χ1n) is 15.6. The number of nitrogens with zero attached hydrogens (tertiary/aromatic N) is 5. The third-order valence-electron chi connectivity index (χ3n) is 7.96. The van der Waals surface area contributed by atoms with Crippen molar-refractivity contribution in [3.05, 3.63) is 125 Å². The number of methoxy groups -OCH3 is 2. The van der Waals surface area contributed by atoms with E-state index >= 15 is 0 Å². The van der Waals surface area contributed by atoms with Gasteiger partial charge in [-0.25, -0.2) is 14.5 Å². The maximum Gasteiger partial charge on any atom is 0.338 e. The van der Waals surface area contributed by atoms with Gasteiger partial charge < -0.3 is 18.9 Å². The van der Waals surface area contributed by atoms with Gasteiger partial charge in [0, 0.05) is 30.3 Å². The van der Waals surface area contributed by atoms with Crippen molar-refractivity contribution in [1.29, 1.82) is 0 Å². The van der Waals surface area contributed by atoms with E-state index < -0.39 is 28.5 Å². The molecule has 1 atom stereocenters. The van der Waals surface area contributed by atoms with Crippen LogP contribution < -0.4 is 29.1 Å². The number of rotatable bonds is 10. The van der Waals surface area contributed by atoms with E-state index in [1.54, 1.807) is 49.0 Å². The minimum atomic E-state index is -0.976. The predicted octanol–water partition coefficient (Wildman–Crippen LogP) is 4.50. The number of allylic oxidation sites excluding steroid dienone is 1. The SMILES string of the molecule is CCOc1ccc(-c2nn(-c3ccccc3)cc2/C=c2/sc3n(c2=O)[C@@H](c2ccc(OC(C)=O)c(OC)c2)C(C(=O)OC)=C(C)N=3)cc1[N+](=O)[O-]. The van der Waals surface area contributed by atoms with Gasteiger partial charge in [0.1, 0.15) is 5.69 Å². The fraction of sp³-hybridized carbons (Fsp3) is 0.194. The number of aromatic nitrogens is 3. The third-order valence-corrected chi connectivity index (χ3v) is 8.95. The van der Waals surface area contributed by atoms with Crippen LogP contribution in [0.15, 0.2) is 94.0 Å². The number of fused-ring (bicyclic) bond motifs is 1. The molecule has 0 aliphatic carbocycles. The first-order chi connectivity index (χ1) is 24.5. The lowest BCUT2D eigenvalue weighted by atomic mass is 9.95. The molecule has 0 unspecified atom stereocenters.